The van der Waals surface area contributed by atoms with Gasteiger partial charge in [-0.15, -0.1) is 0 Å². The maximum absolute atomic E-state index is 12.6. The number of benzene rings is 1. The Balaban J connectivity index is 2.03. The topological polar surface area (TPSA) is 49.8 Å². The molecule has 1 aliphatic heterocycles. The van der Waals surface area contributed by atoms with Crippen molar-refractivity contribution in [3.05, 3.63) is 34.9 Å². The van der Waals surface area contributed by atoms with Gasteiger partial charge in [-0.2, -0.15) is 0 Å². The van der Waals surface area contributed by atoms with Crippen LogP contribution in [0.4, 0.5) is 0 Å². The molecule has 1 amide bonds. The molecule has 116 valence electrons. The average molecular weight is 312 g/mol. The molecule has 0 spiro atoms. The number of nitrogens with zero attached hydrogens (tertiary/aromatic N) is 1. The molecule has 0 aliphatic carbocycles. The highest BCUT2D eigenvalue weighted by Gasteiger charge is 2.39. The van der Waals surface area contributed by atoms with Gasteiger partial charge in [0.1, 0.15) is 0 Å². The number of ether oxygens (including phenoxy) is 1. The summed E-state index contributed by atoms with van der Waals surface area (Å²) in [6.45, 7) is 6.16. The molecule has 5 heteroatoms. The Labute approximate surface area is 130 Å². The standard InChI is InChI=1S/C16H22ClNO3/c1-3-21-11-12-8-9-18(10-12)15(19)16(2,20)13-4-6-14(17)7-5-13/h4-7,12,20H,3,8-11H2,1-2H3/t12-,16-/m1/s1. The Morgan fingerprint density at radius 1 is 1.48 bits per heavy atom. The van der Waals surface area contributed by atoms with E-state index in [1.807, 2.05) is 6.92 Å². The minimum Gasteiger partial charge on any atom is -0.381 e. The molecular weight excluding hydrogens is 290 g/mol. The molecule has 1 aromatic rings. The third kappa shape index (κ3) is 3.76. The molecule has 1 aliphatic rings. The van der Waals surface area contributed by atoms with E-state index in [9.17, 15) is 9.90 Å². The zero-order valence-electron chi connectivity index (χ0n) is 12.5. The van der Waals surface area contributed by atoms with Crippen molar-refractivity contribution in [2.75, 3.05) is 26.3 Å². The van der Waals surface area contributed by atoms with E-state index in [0.717, 1.165) is 6.42 Å². The summed E-state index contributed by atoms with van der Waals surface area (Å²) in [6.07, 6.45) is 0.919. The predicted molar refractivity (Wildman–Crippen MR) is 82.2 cm³/mol. The van der Waals surface area contributed by atoms with Crippen molar-refractivity contribution in [3.8, 4) is 0 Å². The molecule has 1 saturated heterocycles. The highest BCUT2D eigenvalue weighted by molar-refractivity contribution is 6.30. The quantitative estimate of drug-likeness (QED) is 0.908. The number of amides is 1. The Morgan fingerprint density at radius 3 is 2.76 bits per heavy atom. The van der Waals surface area contributed by atoms with Crippen LogP contribution in [0.3, 0.4) is 0 Å². The Bertz CT molecular complexity index is 487. The smallest absolute Gasteiger partial charge is 0.258 e. The number of hydrogen-bond donors (Lipinski definition) is 1. The van der Waals surface area contributed by atoms with Crippen LogP contribution in [-0.2, 0) is 15.1 Å². The maximum Gasteiger partial charge on any atom is 0.258 e. The van der Waals surface area contributed by atoms with Crippen molar-refractivity contribution in [2.24, 2.45) is 5.92 Å². The van der Waals surface area contributed by atoms with Crippen molar-refractivity contribution in [1.29, 1.82) is 0 Å². The second kappa shape index (κ2) is 6.77. The van der Waals surface area contributed by atoms with Crippen LogP contribution < -0.4 is 0 Å². The van der Waals surface area contributed by atoms with Crippen LogP contribution in [0.25, 0.3) is 0 Å². The second-order valence-corrected chi connectivity index (χ2v) is 6.08. The van der Waals surface area contributed by atoms with E-state index in [1.165, 1.54) is 6.92 Å². The molecule has 1 aromatic carbocycles. The molecule has 1 heterocycles. The first-order valence-corrected chi connectivity index (χ1v) is 7.68. The van der Waals surface area contributed by atoms with Crippen LogP contribution in [-0.4, -0.2) is 42.2 Å². The van der Waals surface area contributed by atoms with Crippen LogP contribution in [0, 0.1) is 5.92 Å². The summed E-state index contributed by atoms with van der Waals surface area (Å²) in [5.41, 5.74) is -0.962. The van der Waals surface area contributed by atoms with Gasteiger partial charge in [-0.1, -0.05) is 23.7 Å². The summed E-state index contributed by atoms with van der Waals surface area (Å²) in [4.78, 5) is 14.3. The molecule has 0 aromatic heterocycles. The third-order valence-corrected chi connectivity index (χ3v) is 4.21. The molecule has 0 bridgehead atoms. The molecular formula is C16H22ClNO3. The zero-order chi connectivity index (χ0) is 15.5. The van der Waals surface area contributed by atoms with Crippen LogP contribution in [0.1, 0.15) is 25.8 Å². The van der Waals surface area contributed by atoms with Crippen molar-refractivity contribution < 1.29 is 14.6 Å². The lowest BCUT2D eigenvalue weighted by Gasteiger charge is -2.28. The minimum atomic E-state index is -1.52. The molecule has 4 nitrogen and oxygen atoms in total. The van der Waals surface area contributed by atoms with E-state index in [2.05, 4.69) is 0 Å². The monoisotopic (exact) mass is 311 g/mol. The summed E-state index contributed by atoms with van der Waals surface area (Å²) in [7, 11) is 0. The van der Waals surface area contributed by atoms with E-state index in [4.69, 9.17) is 16.3 Å². The molecule has 0 unspecified atom stereocenters. The molecule has 1 N–H and O–H groups in total. The van der Waals surface area contributed by atoms with Gasteiger partial charge in [-0.25, -0.2) is 0 Å². The molecule has 2 atom stereocenters. The Morgan fingerprint density at radius 2 is 2.14 bits per heavy atom. The highest BCUT2D eigenvalue weighted by atomic mass is 35.5. The van der Waals surface area contributed by atoms with Gasteiger partial charge in [-0.05, 0) is 38.0 Å². The summed E-state index contributed by atoms with van der Waals surface area (Å²) < 4.78 is 5.41. The Kier molecular flexibility index (Phi) is 5.25. The average Bonchev–Trinajstić information content (AvgIpc) is 2.93. The molecule has 2 rings (SSSR count). The SMILES string of the molecule is CCOC[C@@H]1CCN(C(=O)[C@](C)(O)c2ccc(Cl)cc2)C1. The van der Waals surface area contributed by atoms with Gasteiger partial charge in [0, 0.05) is 30.6 Å². The van der Waals surface area contributed by atoms with Crippen molar-refractivity contribution in [1.82, 2.24) is 4.90 Å². The molecule has 1 fully saturated rings. The number of hydrogen-bond acceptors (Lipinski definition) is 3. The van der Waals surface area contributed by atoms with Crippen LogP contribution in [0.2, 0.25) is 5.02 Å². The molecule has 0 radical (unpaired) electrons. The number of carbonyl (C=O) groups excluding carboxylic acids is 1. The van der Waals surface area contributed by atoms with Crippen molar-refractivity contribution in [2.45, 2.75) is 25.9 Å². The van der Waals surface area contributed by atoms with E-state index in [-0.39, 0.29) is 5.91 Å². The Hall–Kier alpha value is -1.10. The van der Waals surface area contributed by atoms with Crippen molar-refractivity contribution >= 4 is 17.5 Å². The lowest BCUT2D eigenvalue weighted by molar-refractivity contribution is -0.149. The van der Waals surface area contributed by atoms with Gasteiger partial charge < -0.3 is 14.7 Å². The van der Waals surface area contributed by atoms with E-state index >= 15 is 0 Å². The van der Waals surface area contributed by atoms with Crippen LogP contribution in [0.5, 0.6) is 0 Å². The molecule has 21 heavy (non-hydrogen) atoms. The number of aliphatic hydroxyl groups is 1. The zero-order valence-corrected chi connectivity index (χ0v) is 13.3. The first-order chi connectivity index (χ1) is 9.95. The van der Waals surface area contributed by atoms with E-state index < -0.39 is 5.60 Å². The molecule has 0 saturated carbocycles. The van der Waals surface area contributed by atoms with Gasteiger partial charge in [0.15, 0.2) is 5.60 Å². The van der Waals surface area contributed by atoms with E-state index in [0.29, 0.717) is 42.8 Å². The fourth-order valence-electron chi connectivity index (χ4n) is 2.64. The lowest BCUT2D eigenvalue weighted by Crippen LogP contribution is -2.44. The van der Waals surface area contributed by atoms with Gasteiger partial charge in [0.25, 0.3) is 5.91 Å². The summed E-state index contributed by atoms with van der Waals surface area (Å²) in [6, 6.07) is 6.74. The maximum atomic E-state index is 12.6. The van der Waals surface area contributed by atoms with Crippen LogP contribution in [0.15, 0.2) is 24.3 Å². The fourth-order valence-corrected chi connectivity index (χ4v) is 2.77. The largest absolute Gasteiger partial charge is 0.381 e. The minimum absolute atomic E-state index is 0.260. The second-order valence-electron chi connectivity index (χ2n) is 5.64. The third-order valence-electron chi connectivity index (χ3n) is 3.95. The van der Waals surface area contributed by atoms with Crippen LogP contribution >= 0.6 is 11.6 Å². The first-order valence-electron chi connectivity index (χ1n) is 7.30. The van der Waals surface area contributed by atoms with E-state index in [1.54, 1.807) is 29.2 Å². The van der Waals surface area contributed by atoms with Gasteiger partial charge in [-0.3, -0.25) is 4.79 Å². The number of carbonyl (C=O) groups is 1. The number of likely N-dealkylation sites (tertiary alicyclic amines) is 1. The summed E-state index contributed by atoms with van der Waals surface area (Å²) >= 11 is 5.85. The van der Waals surface area contributed by atoms with Gasteiger partial charge >= 0.3 is 0 Å². The predicted octanol–water partition coefficient (Wildman–Crippen LogP) is 2.43. The van der Waals surface area contributed by atoms with Gasteiger partial charge in [0.05, 0.1) is 6.61 Å². The highest BCUT2D eigenvalue weighted by Crippen LogP contribution is 2.27. The lowest BCUT2D eigenvalue weighted by atomic mass is 9.94. The first kappa shape index (κ1) is 16.3. The number of rotatable bonds is 5. The normalized spacial score (nSPS) is 21.3. The van der Waals surface area contributed by atoms with Crippen molar-refractivity contribution in [3.63, 3.8) is 0 Å². The number of halogens is 1. The fraction of sp³-hybridized carbons (Fsp3) is 0.562. The summed E-state index contributed by atoms with van der Waals surface area (Å²) in [5.74, 6) is 0.0961. The summed E-state index contributed by atoms with van der Waals surface area (Å²) in [5, 5.41) is 11.2. The van der Waals surface area contributed by atoms with Gasteiger partial charge in [0.2, 0.25) is 0 Å².